The van der Waals surface area contributed by atoms with E-state index in [2.05, 4.69) is 30.1 Å². The average Bonchev–Trinajstić information content (AvgIpc) is 2.37. The standard InChI is InChI=1S/C16H20N2/c1-14(8-11-16(13-17)9-5-10-16)18-12-15-6-3-2-4-7-15/h2-4,6-7,18H,1,5,8-12H2. The van der Waals surface area contributed by atoms with Gasteiger partial charge in [0.15, 0.2) is 0 Å². The van der Waals surface area contributed by atoms with Crippen LogP contribution in [-0.4, -0.2) is 0 Å². The molecule has 1 aliphatic carbocycles. The number of nitrogens with one attached hydrogen (secondary N) is 1. The lowest BCUT2D eigenvalue weighted by atomic mass is 9.67. The largest absolute Gasteiger partial charge is 0.385 e. The van der Waals surface area contributed by atoms with Gasteiger partial charge in [-0.05, 0) is 31.2 Å². The highest BCUT2D eigenvalue weighted by atomic mass is 14.9. The average molecular weight is 240 g/mol. The molecule has 0 heterocycles. The van der Waals surface area contributed by atoms with Crippen LogP contribution in [0, 0.1) is 16.7 Å². The molecule has 0 radical (unpaired) electrons. The first-order valence-corrected chi connectivity index (χ1v) is 6.61. The fraction of sp³-hybridized carbons (Fsp3) is 0.438. The highest BCUT2D eigenvalue weighted by Crippen LogP contribution is 2.44. The second kappa shape index (κ2) is 5.73. The van der Waals surface area contributed by atoms with Crippen LogP contribution >= 0.6 is 0 Å². The first-order valence-electron chi connectivity index (χ1n) is 6.61. The number of hydrogen-bond acceptors (Lipinski definition) is 2. The SMILES string of the molecule is C=C(CCC1(C#N)CCC1)NCc1ccccc1. The first kappa shape index (κ1) is 12.7. The maximum Gasteiger partial charge on any atom is 0.0689 e. The van der Waals surface area contributed by atoms with Crippen LogP contribution < -0.4 is 5.32 Å². The van der Waals surface area contributed by atoms with E-state index < -0.39 is 0 Å². The second-order valence-electron chi connectivity index (χ2n) is 5.19. The maximum absolute atomic E-state index is 9.16. The van der Waals surface area contributed by atoms with Crippen LogP contribution in [0.1, 0.15) is 37.7 Å². The summed E-state index contributed by atoms with van der Waals surface area (Å²) in [5, 5.41) is 12.5. The fourth-order valence-electron chi connectivity index (χ4n) is 2.32. The minimum absolute atomic E-state index is 0.0443. The topological polar surface area (TPSA) is 35.8 Å². The van der Waals surface area contributed by atoms with Gasteiger partial charge in [-0.25, -0.2) is 0 Å². The smallest absolute Gasteiger partial charge is 0.0689 e. The highest BCUT2D eigenvalue weighted by molar-refractivity contribution is 5.15. The Hall–Kier alpha value is -1.75. The van der Waals surface area contributed by atoms with Gasteiger partial charge in [-0.3, -0.25) is 0 Å². The third-order valence-corrected chi connectivity index (χ3v) is 3.84. The molecule has 0 bridgehead atoms. The minimum Gasteiger partial charge on any atom is -0.385 e. The van der Waals surface area contributed by atoms with E-state index in [0.717, 1.165) is 37.9 Å². The molecule has 18 heavy (non-hydrogen) atoms. The van der Waals surface area contributed by atoms with Gasteiger partial charge in [-0.1, -0.05) is 43.3 Å². The normalized spacial score (nSPS) is 16.4. The molecule has 0 aliphatic heterocycles. The van der Waals surface area contributed by atoms with E-state index in [9.17, 15) is 0 Å². The molecule has 1 aliphatic rings. The summed E-state index contributed by atoms with van der Waals surface area (Å²) in [6, 6.07) is 12.8. The first-order chi connectivity index (χ1) is 8.74. The fourth-order valence-corrected chi connectivity index (χ4v) is 2.32. The Morgan fingerprint density at radius 1 is 1.33 bits per heavy atom. The van der Waals surface area contributed by atoms with E-state index in [-0.39, 0.29) is 5.41 Å². The lowest BCUT2D eigenvalue weighted by Crippen LogP contribution is -2.28. The molecule has 1 aromatic carbocycles. The summed E-state index contributed by atoms with van der Waals surface area (Å²) in [6.45, 7) is 4.86. The van der Waals surface area contributed by atoms with Crippen molar-refractivity contribution in [3.8, 4) is 6.07 Å². The Morgan fingerprint density at radius 2 is 2.06 bits per heavy atom. The molecule has 0 spiro atoms. The van der Waals surface area contributed by atoms with E-state index in [4.69, 9.17) is 5.26 Å². The minimum atomic E-state index is -0.0443. The lowest BCUT2D eigenvalue weighted by Gasteiger charge is -2.35. The molecule has 0 atom stereocenters. The summed E-state index contributed by atoms with van der Waals surface area (Å²) < 4.78 is 0. The zero-order valence-corrected chi connectivity index (χ0v) is 10.8. The van der Waals surface area contributed by atoms with Crippen molar-refractivity contribution in [1.29, 1.82) is 5.26 Å². The van der Waals surface area contributed by atoms with Crippen molar-refractivity contribution < 1.29 is 0 Å². The zero-order valence-electron chi connectivity index (χ0n) is 10.8. The van der Waals surface area contributed by atoms with Gasteiger partial charge in [0.25, 0.3) is 0 Å². The monoisotopic (exact) mass is 240 g/mol. The number of rotatable bonds is 6. The highest BCUT2D eigenvalue weighted by Gasteiger charge is 2.36. The van der Waals surface area contributed by atoms with Crippen LogP contribution in [0.4, 0.5) is 0 Å². The van der Waals surface area contributed by atoms with Gasteiger partial charge >= 0.3 is 0 Å². The van der Waals surface area contributed by atoms with Crippen molar-refractivity contribution >= 4 is 0 Å². The molecule has 2 nitrogen and oxygen atoms in total. The molecule has 1 fully saturated rings. The van der Waals surface area contributed by atoms with Crippen molar-refractivity contribution in [1.82, 2.24) is 5.32 Å². The van der Waals surface area contributed by atoms with Crippen molar-refractivity contribution in [2.45, 2.75) is 38.6 Å². The molecule has 0 aromatic heterocycles. The number of hydrogen-bond donors (Lipinski definition) is 1. The summed E-state index contributed by atoms with van der Waals surface area (Å²) in [5.41, 5.74) is 2.26. The van der Waals surface area contributed by atoms with E-state index in [1.807, 2.05) is 18.2 Å². The maximum atomic E-state index is 9.16. The van der Waals surface area contributed by atoms with E-state index in [1.165, 1.54) is 12.0 Å². The van der Waals surface area contributed by atoms with Crippen LogP contribution in [0.15, 0.2) is 42.6 Å². The van der Waals surface area contributed by atoms with E-state index >= 15 is 0 Å². The van der Waals surface area contributed by atoms with Gasteiger partial charge in [0.1, 0.15) is 0 Å². The van der Waals surface area contributed by atoms with Crippen molar-refractivity contribution in [3.63, 3.8) is 0 Å². The van der Waals surface area contributed by atoms with E-state index in [0.29, 0.717) is 0 Å². The van der Waals surface area contributed by atoms with Gasteiger partial charge in [0.2, 0.25) is 0 Å². The molecule has 1 N–H and O–H groups in total. The molecule has 0 saturated heterocycles. The molecule has 2 rings (SSSR count). The van der Waals surface area contributed by atoms with Gasteiger partial charge < -0.3 is 5.32 Å². The molecule has 2 heteroatoms. The van der Waals surface area contributed by atoms with E-state index in [1.54, 1.807) is 0 Å². The van der Waals surface area contributed by atoms with Gasteiger partial charge in [-0.15, -0.1) is 0 Å². The molecule has 94 valence electrons. The summed E-state index contributed by atoms with van der Waals surface area (Å²) >= 11 is 0. The third-order valence-electron chi connectivity index (χ3n) is 3.84. The summed E-state index contributed by atoms with van der Waals surface area (Å²) in [6.07, 6.45) is 5.19. The van der Waals surface area contributed by atoms with Gasteiger partial charge in [0, 0.05) is 12.2 Å². The van der Waals surface area contributed by atoms with Crippen LogP contribution in [0.3, 0.4) is 0 Å². The molecular weight excluding hydrogens is 220 g/mol. The molecular formula is C16H20N2. The second-order valence-corrected chi connectivity index (χ2v) is 5.19. The third kappa shape index (κ3) is 3.13. The van der Waals surface area contributed by atoms with Gasteiger partial charge in [-0.2, -0.15) is 5.26 Å². The summed E-state index contributed by atoms with van der Waals surface area (Å²) in [7, 11) is 0. The Kier molecular flexibility index (Phi) is 4.04. The van der Waals surface area contributed by atoms with Crippen LogP contribution in [0.25, 0.3) is 0 Å². The number of nitriles is 1. The Balaban J connectivity index is 1.71. The molecule has 1 aromatic rings. The number of allylic oxidation sites excluding steroid dienone is 1. The van der Waals surface area contributed by atoms with Crippen LogP contribution in [0.2, 0.25) is 0 Å². The number of benzene rings is 1. The van der Waals surface area contributed by atoms with Crippen LogP contribution in [-0.2, 0) is 6.54 Å². The quantitative estimate of drug-likeness (QED) is 0.821. The number of nitrogens with zero attached hydrogens (tertiary/aromatic N) is 1. The zero-order chi connectivity index (χ0) is 12.8. The molecule has 0 amide bonds. The van der Waals surface area contributed by atoms with Crippen molar-refractivity contribution in [2.75, 3.05) is 0 Å². The predicted octanol–water partition coefficient (Wildman–Crippen LogP) is 3.76. The van der Waals surface area contributed by atoms with Crippen molar-refractivity contribution in [3.05, 3.63) is 48.2 Å². The summed E-state index contributed by atoms with van der Waals surface area (Å²) in [5.74, 6) is 0. The van der Waals surface area contributed by atoms with Crippen LogP contribution in [0.5, 0.6) is 0 Å². The predicted molar refractivity (Wildman–Crippen MR) is 73.6 cm³/mol. The lowest BCUT2D eigenvalue weighted by molar-refractivity contribution is 0.197. The summed E-state index contributed by atoms with van der Waals surface area (Å²) in [4.78, 5) is 0. The van der Waals surface area contributed by atoms with Crippen molar-refractivity contribution in [2.24, 2.45) is 5.41 Å². The Morgan fingerprint density at radius 3 is 2.61 bits per heavy atom. The molecule has 0 unspecified atom stereocenters. The Bertz CT molecular complexity index is 438. The Labute approximate surface area is 109 Å². The van der Waals surface area contributed by atoms with Gasteiger partial charge in [0.05, 0.1) is 11.5 Å². The molecule has 1 saturated carbocycles.